The maximum Gasteiger partial charge on any atom is 0.00344 e. The van der Waals surface area contributed by atoms with Crippen molar-refractivity contribution >= 4 is 56.7 Å². The first-order valence-corrected chi connectivity index (χ1v) is 10.4. The first kappa shape index (κ1) is 19.4. The fraction of sp³-hybridized carbons (Fsp3) is 0.143. The number of hydrogen-bond acceptors (Lipinski definition) is 0. The summed E-state index contributed by atoms with van der Waals surface area (Å²) in [7, 11) is -0.499. The molecule has 0 saturated carbocycles. The van der Waals surface area contributed by atoms with Gasteiger partial charge in [0.1, 0.15) is 0 Å². The van der Waals surface area contributed by atoms with Crippen LogP contribution >= 0.6 is 40.8 Å². The summed E-state index contributed by atoms with van der Waals surface area (Å²) in [5.74, 6) is 0. The third kappa shape index (κ3) is 4.79. The minimum absolute atomic E-state index is 0. The Morgan fingerprint density at radius 2 is 1.17 bits per heavy atom. The van der Waals surface area contributed by atoms with Gasteiger partial charge < -0.3 is 0 Å². The third-order valence-corrected chi connectivity index (χ3v) is 6.95. The van der Waals surface area contributed by atoms with Gasteiger partial charge in [0.25, 0.3) is 0 Å². The van der Waals surface area contributed by atoms with Gasteiger partial charge in [0, 0.05) is 5.33 Å². The summed E-state index contributed by atoms with van der Waals surface area (Å²) < 4.78 is 0. The van der Waals surface area contributed by atoms with Crippen molar-refractivity contribution in [1.82, 2.24) is 0 Å². The van der Waals surface area contributed by atoms with Crippen LogP contribution in [-0.2, 0) is 6.42 Å². The predicted octanol–water partition coefficient (Wildman–Crippen LogP) is 5.35. The monoisotopic (exact) mass is 462 g/mol. The van der Waals surface area contributed by atoms with Crippen molar-refractivity contribution in [2.45, 2.75) is 12.8 Å². The number of hydrogen-bond donors (Lipinski definition) is 0. The highest BCUT2D eigenvalue weighted by molar-refractivity contribution is 9.09. The van der Waals surface area contributed by atoms with E-state index in [1.165, 1.54) is 27.9 Å². The molecule has 3 aromatic rings. The summed E-state index contributed by atoms with van der Waals surface area (Å²) in [5.41, 5.74) is 1.48. The molecule has 0 saturated heterocycles. The van der Waals surface area contributed by atoms with Crippen LogP contribution in [0.5, 0.6) is 0 Å². The molecule has 0 amide bonds. The second-order valence-corrected chi connectivity index (χ2v) is 8.41. The Labute approximate surface area is 165 Å². The standard InChI is InChI=1S/C21H20BrP.BrH/c22-17-9-11-18-10-7-8-16-21(18)23(19-12-3-1-4-13-19)20-14-5-2-6-15-20;/h1-8,10,12-16H,9,11,17H2;1H. The molecule has 0 heterocycles. The van der Waals surface area contributed by atoms with Crippen molar-refractivity contribution in [3.05, 3.63) is 90.5 Å². The molecular weight excluding hydrogens is 443 g/mol. The molecule has 0 aliphatic carbocycles. The molecule has 0 radical (unpaired) electrons. The molecule has 0 atom stereocenters. The highest BCUT2D eigenvalue weighted by Crippen LogP contribution is 2.34. The Kier molecular flexibility index (Phi) is 8.18. The molecule has 3 rings (SSSR count). The summed E-state index contributed by atoms with van der Waals surface area (Å²) in [4.78, 5) is 0. The van der Waals surface area contributed by atoms with Gasteiger partial charge in [0.05, 0.1) is 0 Å². The molecule has 0 fully saturated rings. The van der Waals surface area contributed by atoms with E-state index in [1.807, 2.05) is 0 Å². The van der Waals surface area contributed by atoms with E-state index in [0.29, 0.717) is 0 Å². The normalized spacial score (nSPS) is 10.4. The van der Waals surface area contributed by atoms with Gasteiger partial charge in [0.2, 0.25) is 0 Å². The Balaban J connectivity index is 0.00000208. The fourth-order valence-corrected chi connectivity index (χ4v) is 5.56. The molecule has 0 aliphatic rings. The van der Waals surface area contributed by atoms with Crippen LogP contribution in [0.2, 0.25) is 0 Å². The zero-order valence-corrected chi connectivity index (χ0v) is 17.6. The summed E-state index contributed by atoms with van der Waals surface area (Å²) in [5, 5.41) is 5.37. The molecule has 0 nitrogen and oxygen atoms in total. The van der Waals surface area contributed by atoms with E-state index < -0.39 is 7.92 Å². The first-order chi connectivity index (χ1) is 11.4. The quantitative estimate of drug-likeness (QED) is 0.341. The van der Waals surface area contributed by atoms with Crippen molar-refractivity contribution in [3.8, 4) is 0 Å². The molecule has 0 N–H and O–H groups in total. The smallest absolute Gasteiger partial charge is 0.00344 e. The van der Waals surface area contributed by atoms with Gasteiger partial charge >= 0.3 is 0 Å². The van der Waals surface area contributed by atoms with E-state index in [2.05, 4.69) is 101 Å². The molecule has 3 heteroatoms. The highest BCUT2D eigenvalue weighted by atomic mass is 79.9. The van der Waals surface area contributed by atoms with Gasteiger partial charge in [0.15, 0.2) is 0 Å². The predicted molar refractivity (Wildman–Crippen MR) is 118 cm³/mol. The minimum atomic E-state index is -0.499. The van der Waals surface area contributed by atoms with Crippen LogP contribution in [0, 0.1) is 0 Å². The number of rotatable bonds is 6. The maximum absolute atomic E-state index is 3.56. The zero-order valence-electron chi connectivity index (χ0n) is 13.4. The van der Waals surface area contributed by atoms with Gasteiger partial charge in [-0.25, -0.2) is 0 Å². The third-order valence-electron chi connectivity index (χ3n) is 3.84. The number of halogens is 2. The summed E-state index contributed by atoms with van der Waals surface area (Å²) >= 11 is 3.56. The number of aryl methyl sites for hydroxylation is 1. The molecule has 0 bridgehead atoms. The van der Waals surface area contributed by atoms with Crippen LogP contribution in [0.25, 0.3) is 0 Å². The van der Waals surface area contributed by atoms with Crippen molar-refractivity contribution in [3.63, 3.8) is 0 Å². The molecule has 0 unspecified atom stereocenters. The van der Waals surface area contributed by atoms with Gasteiger partial charge in [-0.2, -0.15) is 0 Å². The lowest BCUT2D eigenvalue weighted by atomic mass is 10.1. The number of alkyl halides is 1. The van der Waals surface area contributed by atoms with Crippen LogP contribution < -0.4 is 15.9 Å². The van der Waals surface area contributed by atoms with Gasteiger partial charge in [-0.15, -0.1) is 17.0 Å². The van der Waals surface area contributed by atoms with Crippen molar-refractivity contribution in [2.24, 2.45) is 0 Å². The molecule has 3 aromatic carbocycles. The topological polar surface area (TPSA) is 0 Å². The van der Waals surface area contributed by atoms with Crippen LogP contribution in [0.1, 0.15) is 12.0 Å². The van der Waals surface area contributed by atoms with Crippen LogP contribution in [0.4, 0.5) is 0 Å². The second-order valence-electron chi connectivity index (χ2n) is 5.43. The Morgan fingerprint density at radius 1 is 0.667 bits per heavy atom. The van der Waals surface area contributed by atoms with E-state index in [9.17, 15) is 0 Å². The fourth-order valence-electron chi connectivity index (χ4n) is 2.78. The molecule has 0 aromatic heterocycles. The summed E-state index contributed by atoms with van der Waals surface area (Å²) in [6.45, 7) is 0. The summed E-state index contributed by atoms with van der Waals surface area (Å²) in [6, 6.07) is 30.8. The maximum atomic E-state index is 3.56. The van der Waals surface area contributed by atoms with Crippen molar-refractivity contribution in [1.29, 1.82) is 0 Å². The molecular formula is C21H21Br2P. The lowest BCUT2D eigenvalue weighted by molar-refractivity contribution is 0.946. The lowest BCUT2D eigenvalue weighted by Gasteiger charge is -2.22. The lowest BCUT2D eigenvalue weighted by Crippen LogP contribution is -2.23. The first-order valence-electron chi connectivity index (χ1n) is 7.94. The minimum Gasteiger partial charge on any atom is -0.114 e. The average molecular weight is 464 g/mol. The second kappa shape index (κ2) is 10.1. The molecule has 124 valence electrons. The van der Waals surface area contributed by atoms with Gasteiger partial charge in [-0.1, -0.05) is 101 Å². The van der Waals surface area contributed by atoms with E-state index >= 15 is 0 Å². The Hall–Kier alpha value is -0.950. The van der Waals surface area contributed by atoms with E-state index in [-0.39, 0.29) is 17.0 Å². The van der Waals surface area contributed by atoms with Gasteiger partial charge in [-0.05, 0) is 42.2 Å². The van der Waals surface area contributed by atoms with E-state index in [4.69, 9.17) is 0 Å². The molecule has 0 spiro atoms. The van der Waals surface area contributed by atoms with Crippen LogP contribution in [0.3, 0.4) is 0 Å². The van der Waals surface area contributed by atoms with E-state index in [0.717, 1.165) is 11.8 Å². The van der Waals surface area contributed by atoms with Gasteiger partial charge in [-0.3, -0.25) is 0 Å². The SMILES string of the molecule is Br.BrCCCc1ccccc1P(c1ccccc1)c1ccccc1. The average Bonchev–Trinajstić information content (AvgIpc) is 2.63. The zero-order chi connectivity index (χ0) is 15.9. The molecule has 24 heavy (non-hydrogen) atoms. The highest BCUT2D eigenvalue weighted by Gasteiger charge is 2.18. The van der Waals surface area contributed by atoms with Crippen LogP contribution in [-0.4, -0.2) is 5.33 Å². The summed E-state index contributed by atoms with van der Waals surface area (Å²) in [6.07, 6.45) is 2.30. The number of benzene rings is 3. The van der Waals surface area contributed by atoms with E-state index in [1.54, 1.807) is 0 Å². The van der Waals surface area contributed by atoms with Crippen LogP contribution in [0.15, 0.2) is 84.9 Å². The van der Waals surface area contributed by atoms with Crippen molar-refractivity contribution in [2.75, 3.05) is 5.33 Å². The Bertz CT molecular complexity index is 690. The molecule has 0 aliphatic heterocycles. The Morgan fingerprint density at radius 3 is 1.71 bits per heavy atom. The van der Waals surface area contributed by atoms with Crippen molar-refractivity contribution < 1.29 is 0 Å². The largest absolute Gasteiger partial charge is 0.114 e.